The van der Waals surface area contributed by atoms with Crippen molar-refractivity contribution in [3.63, 3.8) is 0 Å². The van der Waals surface area contributed by atoms with Gasteiger partial charge in [0, 0.05) is 17.0 Å². The largest absolute Gasteiger partial charge is 0.464 e. The second-order valence-electron chi connectivity index (χ2n) is 7.41. The van der Waals surface area contributed by atoms with E-state index in [0.717, 1.165) is 34.1 Å². The molecule has 0 aliphatic carbocycles. The van der Waals surface area contributed by atoms with Crippen molar-refractivity contribution in [2.24, 2.45) is 0 Å². The molecule has 7 heteroatoms. The molecule has 1 N–H and O–H groups in total. The Labute approximate surface area is 170 Å². The summed E-state index contributed by atoms with van der Waals surface area (Å²) < 4.78 is 12.6. The number of hydrogen-bond acceptors (Lipinski definition) is 5. The highest BCUT2D eigenvalue weighted by atomic mass is 16.5. The fourth-order valence-corrected chi connectivity index (χ4v) is 3.09. The smallest absolute Gasteiger partial charge is 0.311 e. The van der Waals surface area contributed by atoms with Gasteiger partial charge in [0.2, 0.25) is 0 Å². The van der Waals surface area contributed by atoms with Crippen molar-refractivity contribution in [1.29, 1.82) is 0 Å². The maximum Gasteiger partial charge on any atom is 0.311 e. The van der Waals surface area contributed by atoms with E-state index in [-0.39, 0.29) is 12.5 Å². The predicted molar refractivity (Wildman–Crippen MR) is 111 cm³/mol. The Morgan fingerprint density at radius 2 is 1.97 bits per heavy atom. The van der Waals surface area contributed by atoms with Crippen LogP contribution in [0.3, 0.4) is 0 Å². The molecule has 2 heterocycles. The minimum absolute atomic E-state index is 0.0396. The molecule has 154 valence electrons. The van der Waals surface area contributed by atoms with Gasteiger partial charge in [0.05, 0.1) is 24.9 Å². The first-order valence-corrected chi connectivity index (χ1v) is 9.81. The van der Waals surface area contributed by atoms with Gasteiger partial charge in [-0.25, -0.2) is 4.68 Å². The van der Waals surface area contributed by atoms with E-state index in [2.05, 4.69) is 10.4 Å². The van der Waals surface area contributed by atoms with Crippen molar-refractivity contribution < 1.29 is 18.7 Å². The molecule has 0 aliphatic rings. The number of hydrogen-bond donors (Lipinski definition) is 1. The van der Waals surface area contributed by atoms with Crippen molar-refractivity contribution >= 4 is 28.7 Å². The number of carbonyl (C=O) groups is 2. The summed E-state index contributed by atoms with van der Waals surface area (Å²) in [7, 11) is 0. The summed E-state index contributed by atoms with van der Waals surface area (Å²) in [6.45, 7) is 9.65. The lowest BCUT2D eigenvalue weighted by molar-refractivity contribution is -0.152. The quantitative estimate of drug-likeness (QED) is 0.600. The predicted octanol–water partition coefficient (Wildman–Crippen LogP) is 4.33. The van der Waals surface area contributed by atoms with Gasteiger partial charge in [-0.3, -0.25) is 9.59 Å². The Morgan fingerprint density at radius 1 is 1.24 bits per heavy atom. The Kier molecular flexibility index (Phi) is 6.06. The highest BCUT2D eigenvalue weighted by Gasteiger charge is 2.21. The van der Waals surface area contributed by atoms with Gasteiger partial charge in [0.1, 0.15) is 11.4 Å². The van der Waals surface area contributed by atoms with E-state index in [1.54, 1.807) is 30.1 Å². The van der Waals surface area contributed by atoms with Crippen LogP contribution in [0.15, 0.2) is 35.1 Å². The van der Waals surface area contributed by atoms with E-state index < -0.39 is 18.0 Å². The first-order valence-electron chi connectivity index (χ1n) is 9.81. The normalized spacial score (nSPS) is 13.3. The number of nitrogens with one attached hydrogen (secondary N) is 1. The van der Waals surface area contributed by atoms with Gasteiger partial charge in [-0.1, -0.05) is 6.92 Å². The van der Waals surface area contributed by atoms with Crippen LogP contribution >= 0.6 is 0 Å². The molecule has 1 aromatic carbocycles. The summed E-state index contributed by atoms with van der Waals surface area (Å²) >= 11 is 0. The van der Waals surface area contributed by atoms with Crippen molar-refractivity contribution in [1.82, 2.24) is 9.78 Å². The summed E-state index contributed by atoms with van der Waals surface area (Å²) in [6.07, 6.45) is 3.20. The van der Waals surface area contributed by atoms with Crippen molar-refractivity contribution in [3.8, 4) is 0 Å². The summed E-state index contributed by atoms with van der Waals surface area (Å²) in [6, 6.07) is 5.83. The molecule has 0 unspecified atom stereocenters. The molecule has 3 rings (SSSR count). The Morgan fingerprint density at radius 3 is 2.69 bits per heavy atom. The summed E-state index contributed by atoms with van der Waals surface area (Å²) in [5.41, 5.74) is 3.73. The van der Waals surface area contributed by atoms with Gasteiger partial charge in [-0.2, -0.15) is 5.10 Å². The first kappa shape index (κ1) is 20.6. The van der Waals surface area contributed by atoms with Crippen LogP contribution in [0, 0.1) is 13.8 Å². The zero-order valence-electron chi connectivity index (χ0n) is 17.5. The third-order valence-electron chi connectivity index (χ3n) is 5.21. The van der Waals surface area contributed by atoms with Crippen LogP contribution in [0.5, 0.6) is 0 Å². The summed E-state index contributed by atoms with van der Waals surface area (Å²) in [5, 5.41) is 7.90. The lowest BCUT2D eigenvalue weighted by atomic mass is 10.0. The van der Waals surface area contributed by atoms with Crippen LogP contribution < -0.4 is 5.32 Å². The van der Waals surface area contributed by atoms with Gasteiger partial charge in [-0.05, 0) is 57.4 Å². The molecule has 0 aliphatic heterocycles. The van der Waals surface area contributed by atoms with Crippen LogP contribution in [0.2, 0.25) is 0 Å². The van der Waals surface area contributed by atoms with Crippen molar-refractivity contribution in [3.05, 3.63) is 47.3 Å². The maximum atomic E-state index is 12.5. The minimum Gasteiger partial charge on any atom is -0.464 e. The zero-order chi connectivity index (χ0) is 21.1. The van der Waals surface area contributed by atoms with Crippen LogP contribution in [0.25, 0.3) is 11.0 Å². The average Bonchev–Trinajstić information content (AvgIpc) is 3.29. The Bertz CT molecular complexity index is 1030. The molecule has 0 bridgehead atoms. The number of rotatable bonds is 7. The van der Waals surface area contributed by atoms with Crippen molar-refractivity contribution in [2.45, 2.75) is 59.6 Å². The Balaban J connectivity index is 1.63. The van der Waals surface area contributed by atoms with Gasteiger partial charge < -0.3 is 14.5 Å². The molecule has 0 fully saturated rings. The summed E-state index contributed by atoms with van der Waals surface area (Å²) in [5.74, 6) is -0.296. The molecule has 0 radical (unpaired) electrons. The van der Waals surface area contributed by atoms with E-state index in [9.17, 15) is 9.59 Å². The molecular formula is C22H27N3O4. The van der Waals surface area contributed by atoms with Gasteiger partial charge >= 0.3 is 5.97 Å². The van der Waals surface area contributed by atoms with Crippen LogP contribution in [-0.4, -0.2) is 27.8 Å². The third-order valence-corrected chi connectivity index (χ3v) is 5.21. The number of aromatic nitrogens is 2. The molecule has 0 saturated carbocycles. The molecule has 2 atom stereocenters. The molecule has 2 aromatic heterocycles. The number of esters is 1. The van der Waals surface area contributed by atoms with E-state index in [1.807, 2.05) is 39.8 Å². The molecule has 3 aromatic rings. The van der Waals surface area contributed by atoms with Crippen LogP contribution in [0.1, 0.15) is 49.9 Å². The second-order valence-corrected chi connectivity index (χ2v) is 7.41. The third kappa shape index (κ3) is 4.50. The standard InChI is InChI=1S/C22H27N3O4/c1-6-15(4)25-20(7-8-23-25)24-22(27)16(5)29-21(26)11-17-12-28-19-10-14(3)13(2)9-18(17)19/h7-10,12,15-16H,6,11H2,1-5H3,(H,24,27)/t15-,16+/m0/s1. The van der Waals surface area contributed by atoms with Gasteiger partial charge in [-0.15, -0.1) is 0 Å². The van der Waals surface area contributed by atoms with Crippen molar-refractivity contribution in [2.75, 3.05) is 5.32 Å². The lowest BCUT2D eigenvalue weighted by Crippen LogP contribution is -2.31. The second kappa shape index (κ2) is 8.51. The maximum absolute atomic E-state index is 12.5. The fraction of sp³-hybridized carbons (Fsp3) is 0.409. The Hall–Kier alpha value is -3.09. The highest BCUT2D eigenvalue weighted by molar-refractivity contribution is 5.95. The van der Waals surface area contributed by atoms with E-state index in [1.165, 1.54) is 0 Å². The number of aryl methyl sites for hydroxylation is 2. The fourth-order valence-electron chi connectivity index (χ4n) is 3.09. The molecule has 0 spiro atoms. The zero-order valence-corrected chi connectivity index (χ0v) is 17.5. The van der Waals surface area contributed by atoms with Gasteiger partial charge in [0.25, 0.3) is 5.91 Å². The SMILES string of the molecule is CC[C@H](C)n1nccc1NC(=O)[C@@H](C)OC(=O)Cc1coc2cc(C)c(C)cc12. The number of nitrogens with zero attached hydrogens (tertiary/aromatic N) is 2. The number of amides is 1. The van der Waals surface area contributed by atoms with E-state index >= 15 is 0 Å². The lowest BCUT2D eigenvalue weighted by Gasteiger charge is -2.16. The van der Waals surface area contributed by atoms with Crippen LogP contribution in [0.4, 0.5) is 5.82 Å². The number of furan rings is 1. The molecule has 7 nitrogen and oxygen atoms in total. The number of ether oxygens (including phenoxy) is 1. The monoisotopic (exact) mass is 397 g/mol. The minimum atomic E-state index is -0.926. The van der Waals surface area contributed by atoms with Crippen LogP contribution in [-0.2, 0) is 20.7 Å². The topological polar surface area (TPSA) is 86.4 Å². The van der Waals surface area contributed by atoms with Gasteiger partial charge in [0.15, 0.2) is 6.10 Å². The first-order chi connectivity index (χ1) is 13.8. The molecule has 1 amide bonds. The summed E-state index contributed by atoms with van der Waals surface area (Å²) in [4.78, 5) is 24.8. The number of carbonyl (C=O) groups excluding carboxylic acids is 2. The van der Waals surface area contributed by atoms with E-state index in [4.69, 9.17) is 9.15 Å². The highest BCUT2D eigenvalue weighted by Crippen LogP contribution is 2.25. The molecule has 0 saturated heterocycles. The average molecular weight is 397 g/mol. The van der Waals surface area contributed by atoms with E-state index in [0.29, 0.717) is 5.82 Å². The number of benzene rings is 1. The number of fused-ring (bicyclic) bond motifs is 1. The molecule has 29 heavy (non-hydrogen) atoms. The molecular weight excluding hydrogens is 370 g/mol. The number of anilines is 1.